The number of aromatic nitrogens is 5. The molecule has 0 fully saturated rings. The zero-order chi connectivity index (χ0) is 14.5. The molecule has 1 N–H and O–H groups in total. The molecule has 6 heteroatoms. The summed E-state index contributed by atoms with van der Waals surface area (Å²) < 4.78 is 3.85. The van der Waals surface area contributed by atoms with Crippen molar-refractivity contribution in [1.29, 1.82) is 0 Å². The van der Waals surface area contributed by atoms with Crippen LogP contribution < -0.4 is 5.32 Å². The average molecular weight is 282 g/mol. The Bertz CT molecular complexity index is 669. The SMILES string of the molecule is CCCn1ccc(CNc2ccc(-n3cnnn3)cc2)c1. The minimum absolute atomic E-state index is 0.820. The molecule has 1 aromatic carbocycles. The third-order valence-electron chi connectivity index (χ3n) is 3.27. The van der Waals surface area contributed by atoms with Gasteiger partial charge in [-0.1, -0.05) is 6.92 Å². The van der Waals surface area contributed by atoms with Gasteiger partial charge in [0.25, 0.3) is 0 Å². The van der Waals surface area contributed by atoms with Gasteiger partial charge < -0.3 is 9.88 Å². The van der Waals surface area contributed by atoms with Crippen LogP contribution in [0.5, 0.6) is 0 Å². The summed E-state index contributed by atoms with van der Waals surface area (Å²) in [6.45, 7) is 4.08. The first kappa shape index (κ1) is 13.4. The molecule has 0 saturated carbocycles. The lowest BCUT2D eigenvalue weighted by atomic mass is 10.2. The van der Waals surface area contributed by atoms with Gasteiger partial charge in [0.15, 0.2) is 0 Å². The number of hydrogen-bond donors (Lipinski definition) is 1. The molecule has 0 bridgehead atoms. The fourth-order valence-electron chi connectivity index (χ4n) is 2.21. The topological polar surface area (TPSA) is 60.6 Å². The molecule has 0 aliphatic heterocycles. The minimum Gasteiger partial charge on any atom is -0.381 e. The maximum absolute atomic E-state index is 3.86. The van der Waals surface area contributed by atoms with E-state index < -0.39 is 0 Å². The second-order valence-electron chi connectivity index (χ2n) is 4.91. The quantitative estimate of drug-likeness (QED) is 0.754. The average Bonchev–Trinajstić information content (AvgIpc) is 3.18. The van der Waals surface area contributed by atoms with Crippen LogP contribution in [0.4, 0.5) is 5.69 Å². The van der Waals surface area contributed by atoms with Gasteiger partial charge in [0.05, 0.1) is 5.69 Å². The lowest BCUT2D eigenvalue weighted by Crippen LogP contribution is -2.00. The molecular weight excluding hydrogens is 264 g/mol. The van der Waals surface area contributed by atoms with Crippen molar-refractivity contribution in [3.8, 4) is 5.69 Å². The second kappa shape index (κ2) is 6.21. The zero-order valence-corrected chi connectivity index (χ0v) is 12.0. The van der Waals surface area contributed by atoms with E-state index in [0.717, 1.165) is 30.9 Å². The molecule has 0 radical (unpaired) electrons. The van der Waals surface area contributed by atoms with E-state index >= 15 is 0 Å². The fourth-order valence-corrected chi connectivity index (χ4v) is 2.21. The smallest absolute Gasteiger partial charge is 0.143 e. The third kappa shape index (κ3) is 3.28. The number of rotatable bonds is 6. The summed E-state index contributed by atoms with van der Waals surface area (Å²) in [5, 5.41) is 14.5. The van der Waals surface area contributed by atoms with Crippen molar-refractivity contribution in [2.24, 2.45) is 0 Å². The Morgan fingerprint density at radius 1 is 1.14 bits per heavy atom. The minimum atomic E-state index is 0.820. The number of benzene rings is 1. The Balaban J connectivity index is 1.60. The van der Waals surface area contributed by atoms with E-state index in [9.17, 15) is 0 Å². The standard InChI is InChI=1S/C15H18N6/c1-2-8-20-9-7-13(11-20)10-16-14-3-5-15(6-4-14)21-12-17-18-19-21/h3-7,9,11-12,16H,2,8,10H2,1H3. The molecule has 0 saturated heterocycles. The Morgan fingerprint density at radius 2 is 2.00 bits per heavy atom. The molecule has 21 heavy (non-hydrogen) atoms. The number of aryl methyl sites for hydroxylation is 1. The first-order chi connectivity index (χ1) is 10.3. The molecule has 6 nitrogen and oxygen atoms in total. The number of nitrogens with zero attached hydrogens (tertiary/aromatic N) is 5. The summed E-state index contributed by atoms with van der Waals surface area (Å²) in [5.74, 6) is 0. The predicted octanol–water partition coefficient (Wildman–Crippen LogP) is 2.49. The van der Waals surface area contributed by atoms with E-state index in [0.29, 0.717) is 0 Å². The molecule has 108 valence electrons. The molecule has 0 spiro atoms. The number of hydrogen-bond acceptors (Lipinski definition) is 4. The van der Waals surface area contributed by atoms with Gasteiger partial charge in [-0.3, -0.25) is 0 Å². The van der Waals surface area contributed by atoms with Gasteiger partial charge in [-0.05, 0) is 52.7 Å². The largest absolute Gasteiger partial charge is 0.381 e. The molecule has 0 aliphatic rings. The van der Waals surface area contributed by atoms with Gasteiger partial charge in [0, 0.05) is 31.2 Å². The van der Waals surface area contributed by atoms with Gasteiger partial charge in [0.2, 0.25) is 0 Å². The van der Waals surface area contributed by atoms with Crippen LogP contribution in [0.25, 0.3) is 5.69 Å². The molecule has 2 heterocycles. The number of tetrazole rings is 1. The van der Waals surface area contributed by atoms with Crippen LogP contribution in [0.15, 0.2) is 49.1 Å². The van der Waals surface area contributed by atoms with E-state index in [-0.39, 0.29) is 0 Å². The molecule has 0 atom stereocenters. The molecule has 3 rings (SSSR count). The third-order valence-corrected chi connectivity index (χ3v) is 3.27. The lowest BCUT2D eigenvalue weighted by Gasteiger charge is -2.06. The van der Waals surface area contributed by atoms with Crippen molar-refractivity contribution in [3.05, 3.63) is 54.6 Å². The van der Waals surface area contributed by atoms with E-state index in [4.69, 9.17) is 0 Å². The van der Waals surface area contributed by atoms with Crippen LogP contribution >= 0.6 is 0 Å². The highest BCUT2D eigenvalue weighted by Gasteiger charge is 2.00. The van der Waals surface area contributed by atoms with Crippen LogP contribution in [0.3, 0.4) is 0 Å². The Labute approximate surface area is 123 Å². The van der Waals surface area contributed by atoms with Gasteiger partial charge in [-0.15, -0.1) is 5.10 Å². The highest BCUT2D eigenvalue weighted by atomic mass is 15.5. The van der Waals surface area contributed by atoms with Crippen molar-refractivity contribution in [3.63, 3.8) is 0 Å². The van der Waals surface area contributed by atoms with Crippen molar-refractivity contribution >= 4 is 5.69 Å². The van der Waals surface area contributed by atoms with Crippen LogP contribution in [0, 0.1) is 0 Å². The molecule has 0 amide bonds. The first-order valence-electron chi connectivity index (χ1n) is 7.07. The van der Waals surface area contributed by atoms with E-state index in [1.165, 1.54) is 5.56 Å². The first-order valence-corrected chi connectivity index (χ1v) is 7.07. The van der Waals surface area contributed by atoms with Gasteiger partial charge >= 0.3 is 0 Å². The summed E-state index contributed by atoms with van der Waals surface area (Å²) in [6.07, 6.45) is 7.05. The molecule has 2 aromatic heterocycles. The highest BCUT2D eigenvalue weighted by molar-refractivity contribution is 5.48. The molecule has 0 aliphatic carbocycles. The summed E-state index contributed by atoms with van der Waals surface area (Å²) in [4.78, 5) is 0. The summed E-state index contributed by atoms with van der Waals surface area (Å²) in [5.41, 5.74) is 3.31. The zero-order valence-electron chi connectivity index (χ0n) is 12.0. The van der Waals surface area contributed by atoms with Crippen molar-refractivity contribution < 1.29 is 0 Å². The van der Waals surface area contributed by atoms with Crippen LogP contribution in [-0.4, -0.2) is 24.8 Å². The maximum atomic E-state index is 3.86. The summed E-state index contributed by atoms with van der Waals surface area (Å²) in [7, 11) is 0. The van der Waals surface area contributed by atoms with E-state index in [2.05, 4.69) is 50.8 Å². The summed E-state index contributed by atoms with van der Waals surface area (Å²) in [6, 6.07) is 10.2. The fraction of sp³-hybridized carbons (Fsp3) is 0.267. The van der Waals surface area contributed by atoms with Crippen LogP contribution in [-0.2, 0) is 13.1 Å². The Morgan fingerprint density at radius 3 is 2.71 bits per heavy atom. The second-order valence-corrected chi connectivity index (χ2v) is 4.91. The predicted molar refractivity (Wildman–Crippen MR) is 81.2 cm³/mol. The van der Waals surface area contributed by atoms with Crippen molar-refractivity contribution in [1.82, 2.24) is 24.8 Å². The Kier molecular flexibility index (Phi) is 3.95. The van der Waals surface area contributed by atoms with E-state index in [1.54, 1.807) is 11.0 Å². The monoisotopic (exact) mass is 282 g/mol. The highest BCUT2D eigenvalue weighted by Crippen LogP contribution is 2.13. The molecular formula is C15H18N6. The number of anilines is 1. The lowest BCUT2D eigenvalue weighted by molar-refractivity contribution is 0.682. The molecule has 0 unspecified atom stereocenters. The van der Waals surface area contributed by atoms with Gasteiger partial charge in [0.1, 0.15) is 6.33 Å². The van der Waals surface area contributed by atoms with E-state index in [1.807, 2.05) is 24.3 Å². The van der Waals surface area contributed by atoms with Crippen molar-refractivity contribution in [2.45, 2.75) is 26.4 Å². The number of nitrogens with one attached hydrogen (secondary N) is 1. The normalized spacial score (nSPS) is 10.7. The van der Waals surface area contributed by atoms with Gasteiger partial charge in [-0.2, -0.15) is 0 Å². The molecule has 3 aromatic rings. The maximum Gasteiger partial charge on any atom is 0.143 e. The summed E-state index contributed by atoms with van der Waals surface area (Å²) >= 11 is 0. The Hall–Kier alpha value is -2.63. The van der Waals surface area contributed by atoms with Crippen molar-refractivity contribution in [2.75, 3.05) is 5.32 Å². The van der Waals surface area contributed by atoms with Gasteiger partial charge in [-0.25, -0.2) is 4.68 Å². The van der Waals surface area contributed by atoms with Crippen LogP contribution in [0.2, 0.25) is 0 Å². The van der Waals surface area contributed by atoms with Crippen LogP contribution in [0.1, 0.15) is 18.9 Å².